The van der Waals surface area contributed by atoms with E-state index in [1.54, 1.807) is 0 Å². The maximum Gasteiger partial charge on any atom is 0.158 e. The first-order valence-corrected chi connectivity index (χ1v) is 8.45. The molecule has 0 aliphatic heterocycles. The first-order chi connectivity index (χ1) is 9.95. The van der Waals surface area contributed by atoms with Gasteiger partial charge in [0.1, 0.15) is 11.3 Å². The lowest BCUT2D eigenvalue weighted by Gasteiger charge is -2.25. The fraction of sp³-hybridized carbons (Fsp3) is 0.750. The molecule has 4 nitrogen and oxygen atoms in total. The molecule has 1 saturated carbocycles. The number of fused-ring (bicyclic) bond motifs is 1. The third-order valence-electron chi connectivity index (χ3n) is 4.86. The van der Waals surface area contributed by atoms with Crippen LogP contribution in [0.1, 0.15) is 63.3 Å². The summed E-state index contributed by atoms with van der Waals surface area (Å²) in [4.78, 5) is 4.82. The quantitative estimate of drug-likeness (QED) is 0.793. The van der Waals surface area contributed by atoms with Crippen molar-refractivity contribution in [2.24, 2.45) is 12.5 Å². The highest BCUT2D eigenvalue weighted by atomic mass is 35.5. The van der Waals surface area contributed by atoms with E-state index in [0.717, 1.165) is 35.6 Å². The lowest BCUT2D eigenvalue weighted by molar-refractivity contribution is 0.280. The Hall–Kier alpha value is -1.03. The molecular weight excluding hydrogens is 284 g/mol. The summed E-state index contributed by atoms with van der Waals surface area (Å²) >= 11 is 6.40. The molecule has 0 amide bonds. The van der Waals surface area contributed by atoms with Gasteiger partial charge in [0.05, 0.1) is 11.1 Å². The van der Waals surface area contributed by atoms with E-state index < -0.39 is 0 Å². The topological polar surface area (TPSA) is 35.6 Å². The van der Waals surface area contributed by atoms with Crippen molar-refractivity contribution in [2.75, 3.05) is 0 Å². The molecule has 2 aromatic heterocycles. The fourth-order valence-corrected chi connectivity index (χ4v) is 3.89. The molecule has 0 aromatic carbocycles. The molecule has 3 rings (SSSR count). The van der Waals surface area contributed by atoms with E-state index in [1.165, 1.54) is 25.7 Å². The Kier molecular flexibility index (Phi) is 3.76. The van der Waals surface area contributed by atoms with Crippen molar-refractivity contribution in [3.63, 3.8) is 0 Å². The van der Waals surface area contributed by atoms with Crippen molar-refractivity contribution in [1.82, 2.24) is 19.3 Å². The van der Waals surface area contributed by atoms with Gasteiger partial charge in [0.2, 0.25) is 0 Å². The van der Waals surface area contributed by atoms with Crippen LogP contribution >= 0.6 is 11.6 Å². The number of hydrogen-bond donors (Lipinski definition) is 0. The molecule has 2 heterocycles. The maximum absolute atomic E-state index is 6.40. The summed E-state index contributed by atoms with van der Waals surface area (Å²) in [6.45, 7) is 7.53. The summed E-state index contributed by atoms with van der Waals surface area (Å²) in [5.74, 6) is 0.988. The third-order valence-corrected chi connectivity index (χ3v) is 5.06. The summed E-state index contributed by atoms with van der Waals surface area (Å²) in [6, 6.07) is 0. The van der Waals surface area contributed by atoms with Gasteiger partial charge in [-0.3, -0.25) is 4.68 Å². The monoisotopic (exact) mass is 308 g/mol. The van der Waals surface area contributed by atoms with Gasteiger partial charge >= 0.3 is 0 Å². The normalized spacial score (nSPS) is 19.5. The molecule has 116 valence electrons. The minimum Gasteiger partial charge on any atom is -0.311 e. The standard InChI is InChI=1S/C16H25ClN4/c1-5-12-13-15(20(4)19-12)21(14(18-13)11(2)17)10-16(3)8-6-7-9-16/h11H,5-10H2,1-4H3. The van der Waals surface area contributed by atoms with Gasteiger partial charge in [-0.15, -0.1) is 11.6 Å². The zero-order valence-corrected chi connectivity index (χ0v) is 14.2. The molecule has 0 N–H and O–H groups in total. The predicted octanol–water partition coefficient (Wildman–Crippen LogP) is 4.21. The number of alkyl halides is 1. The average Bonchev–Trinajstić information content (AvgIpc) is 3.07. The van der Waals surface area contributed by atoms with Crippen LogP contribution in [0, 0.1) is 5.41 Å². The third kappa shape index (κ3) is 2.48. The first kappa shape index (κ1) is 14.9. The second-order valence-corrected chi connectivity index (χ2v) is 7.44. The van der Waals surface area contributed by atoms with Crippen LogP contribution in [0.3, 0.4) is 0 Å². The molecule has 0 spiro atoms. The highest BCUT2D eigenvalue weighted by Crippen LogP contribution is 2.40. The van der Waals surface area contributed by atoms with E-state index in [2.05, 4.69) is 23.5 Å². The average molecular weight is 309 g/mol. The van der Waals surface area contributed by atoms with Crippen molar-refractivity contribution >= 4 is 22.8 Å². The summed E-state index contributed by atoms with van der Waals surface area (Å²) in [7, 11) is 2.01. The van der Waals surface area contributed by atoms with Crippen LogP contribution in [0.25, 0.3) is 11.2 Å². The molecule has 1 unspecified atom stereocenters. The SMILES string of the molecule is CCc1nn(C)c2c1nc(C(C)Cl)n2CC1(C)CCCC1. The van der Waals surface area contributed by atoms with Gasteiger partial charge in [0.25, 0.3) is 0 Å². The number of imidazole rings is 1. The van der Waals surface area contributed by atoms with Gasteiger partial charge in [-0.05, 0) is 31.6 Å². The molecule has 1 aliphatic carbocycles. The van der Waals surface area contributed by atoms with Crippen LogP contribution in [-0.2, 0) is 20.0 Å². The van der Waals surface area contributed by atoms with E-state index in [-0.39, 0.29) is 5.38 Å². The molecule has 1 aliphatic rings. The van der Waals surface area contributed by atoms with Crippen LogP contribution in [-0.4, -0.2) is 19.3 Å². The Balaban J connectivity index is 2.13. The van der Waals surface area contributed by atoms with Crippen LogP contribution in [0.5, 0.6) is 0 Å². The van der Waals surface area contributed by atoms with Crippen LogP contribution in [0.4, 0.5) is 0 Å². The molecule has 21 heavy (non-hydrogen) atoms. The Morgan fingerprint density at radius 3 is 2.57 bits per heavy atom. The van der Waals surface area contributed by atoms with Crippen LogP contribution in [0.2, 0.25) is 0 Å². The number of nitrogens with zero attached hydrogens (tertiary/aromatic N) is 4. The van der Waals surface area contributed by atoms with Gasteiger partial charge < -0.3 is 4.57 Å². The van der Waals surface area contributed by atoms with Crippen molar-refractivity contribution in [3.05, 3.63) is 11.5 Å². The van der Waals surface area contributed by atoms with E-state index in [9.17, 15) is 0 Å². The molecule has 0 radical (unpaired) electrons. The Labute approximate surface area is 131 Å². The van der Waals surface area contributed by atoms with Crippen LogP contribution in [0.15, 0.2) is 0 Å². The number of aromatic nitrogens is 4. The number of rotatable bonds is 4. The number of hydrogen-bond acceptors (Lipinski definition) is 2. The zero-order valence-electron chi connectivity index (χ0n) is 13.5. The first-order valence-electron chi connectivity index (χ1n) is 8.01. The zero-order chi connectivity index (χ0) is 15.2. The lowest BCUT2D eigenvalue weighted by Crippen LogP contribution is -2.22. The molecular formula is C16H25ClN4. The minimum atomic E-state index is -0.0768. The van der Waals surface area contributed by atoms with Crippen LogP contribution < -0.4 is 0 Å². The highest BCUT2D eigenvalue weighted by molar-refractivity contribution is 6.20. The predicted molar refractivity (Wildman–Crippen MR) is 86.7 cm³/mol. The van der Waals surface area contributed by atoms with E-state index >= 15 is 0 Å². The minimum absolute atomic E-state index is 0.0768. The highest BCUT2D eigenvalue weighted by Gasteiger charge is 2.32. The smallest absolute Gasteiger partial charge is 0.158 e. The molecule has 0 saturated heterocycles. The summed E-state index contributed by atoms with van der Waals surface area (Å²) in [5.41, 5.74) is 3.60. The lowest BCUT2D eigenvalue weighted by atomic mass is 9.89. The molecule has 0 bridgehead atoms. The van der Waals surface area contributed by atoms with Gasteiger partial charge in [-0.2, -0.15) is 5.10 Å². The molecule has 1 atom stereocenters. The van der Waals surface area contributed by atoms with Gasteiger partial charge in [0, 0.05) is 13.6 Å². The Morgan fingerprint density at radius 1 is 1.33 bits per heavy atom. The van der Waals surface area contributed by atoms with Gasteiger partial charge in [-0.25, -0.2) is 4.98 Å². The summed E-state index contributed by atoms with van der Waals surface area (Å²) in [5, 5.41) is 4.54. The van der Waals surface area contributed by atoms with Crippen molar-refractivity contribution in [3.8, 4) is 0 Å². The maximum atomic E-state index is 6.40. The van der Waals surface area contributed by atoms with Crippen molar-refractivity contribution in [1.29, 1.82) is 0 Å². The summed E-state index contributed by atoms with van der Waals surface area (Å²) in [6.07, 6.45) is 6.17. The number of halogens is 1. The van der Waals surface area contributed by atoms with E-state index in [0.29, 0.717) is 5.41 Å². The fourth-order valence-electron chi connectivity index (χ4n) is 3.72. The summed E-state index contributed by atoms with van der Waals surface area (Å²) < 4.78 is 4.30. The van der Waals surface area contributed by atoms with Gasteiger partial charge in [-0.1, -0.05) is 26.7 Å². The van der Waals surface area contributed by atoms with Crippen molar-refractivity contribution in [2.45, 2.75) is 64.8 Å². The largest absolute Gasteiger partial charge is 0.311 e. The van der Waals surface area contributed by atoms with Crippen molar-refractivity contribution < 1.29 is 0 Å². The van der Waals surface area contributed by atoms with Gasteiger partial charge in [0.15, 0.2) is 5.65 Å². The number of aryl methyl sites for hydroxylation is 2. The van der Waals surface area contributed by atoms with E-state index in [1.807, 2.05) is 18.7 Å². The van der Waals surface area contributed by atoms with E-state index in [4.69, 9.17) is 16.6 Å². The second kappa shape index (κ2) is 5.31. The molecule has 5 heteroatoms. The Bertz CT molecular complexity index is 647. The molecule has 2 aromatic rings. The second-order valence-electron chi connectivity index (χ2n) is 6.79. The Morgan fingerprint density at radius 2 is 2.00 bits per heavy atom. The molecule has 1 fully saturated rings.